The van der Waals surface area contributed by atoms with Crippen molar-refractivity contribution >= 4 is 33.6 Å². The average Bonchev–Trinajstić information content (AvgIpc) is 3.09. The number of methoxy groups -OCH3 is 1. The molecular formula is C18H13BrN2O4. The fourth-order valence-corrected chi connectivity index (χ4v) is 2.83. The van der Waals surface area contributed by atoms with Gasteiger partial charge in [-0.2, -0.15) is 5.26 Å². The monoisotopic (exact) mass is 400 g/mol. The maximum atomic E-state index is 12.3. The Hall–Kier alpha value is -2.98. The summed E-state index contributed by atoms with van der Waals surface area (Å²) >= 11 is 3.38. The second-order valence-corrected chi connectivity index (χ2v) is 5.94. The number of amides is 1. The van der Waals surface area contributed by atoms with E-state index < -0.39 is 5.91 Å². The van der Waals surface area contributed by atoms with Crippen molar-refractivity contribution in [1.82, 2.24) is 0 Å². The van der Waals surface area contributed by atoms with Crippen LogP contribution in [0.3, 0.4) is 0 Å². The van der Waals surface area contributed by atoms with E-state index in [-0.39, 0.29) is 12.4 Å². The zero-order valence-electron chi connectivity index (χ0n) is 13.2. The van der Waals surface area contributed by atoms with Crippen molar-refractivity contribution in [2.24, 2.45) is 0 Å². The number of hydrogen-bond donors (Lipinski definition) is 1. The van der Waals surface area contributed by atoms with Crippen LogP contribution in [0.15, 0.2) is 46.4 Å². The summed E-state index contributed by atoms with van der Waals surface area (Å²) in [6.07, 6.45) is 1.49. The highest BCUT2D eigenvalue weighted by Crippen LogP contribution is 2.40. The number of nitrogens with zero attached hydrogens (tertiary/aromatic N) is 1. The molecule has 126 valence electrons. The zero-order valence-corrected chi connectivity index (χ0v) is 14.8. The number of nitrogens with one attached hydrogen (secondary N) is 1. The SMILES string of the molecule is COc1ccc(NC(=O)/C(C#N)=C/c2cc(Br)c3c(c2)OCO3)cc1. The Labute approximate surface area is 152 Å². The first-order valence-corrected chi connectivity index (χ1v) is 8.06. The van der Waals surface area contributed by atoms with E-state index in [0.717, 1.165) is 0 Å². The van der Waals surface area contributed by atoms with Gasteiger partial charge in [0.25, 0.3) is 5.91 Å². The van der Waals surface area contributed by atoms with Gasteiger partial charge in [-0.15, -0.1) is 0 Å². The largest absolute Gasteiger partial charge is 0.497 e. The Balaban J connectivity index is 1.81. The summed E-state index contributed by atoms with van der Waals surface area (Å²) in [5.74, 6) is 1.35. The van der Waals surface area contributed by atoms with Crippen molar-refractivity contribution in [2.45, 2.75) is 0 Å². The summed E-state index contributed by atoms with van der Waals surface area (Å²) in [6.45, 7) is 0.143. The third-order valence-corrected chi connectivity index (χ3v) is 4.06. The molecule has 25 heavy (non-hydrogen) atoms. The van der Waals surface area contributed by atoms with E-state index in [1.54, 1.807) is 43.5 Å². The van der Waals surface area contributed by atoms with Gasteiger partial charge < -0.3 is 19.5 Å². The molecule has 0 fully saturated rings. The minimum absolute atomic E-state index is 0.0263. The van der Waals surface area contributed by atoms with Crippen LogP contribution < -0.4 is 19.5 Å². The van der Waals surface area contributed by atoms with Gasteiger partial charge in [0.1, 0.15) is 17.4 Å². The summed E-state index contributed by atoms with van der Waals surface area (Å²) in [7, 11) is 1.56. The van der Waals surface area contributed by atoms with Crippen LogP contribution in [-0.4, -0.2) is 19.8 Å². The molecular weight excluding hydrogens is 388 g/mol. The molecule has 0 saturated carbocycles. The minimum Gasteiger partial charge on any atom is -0.497 e. The van der Waals surface area contributed by atoms with Crippen LogP contribution in [0.4, 0.5) is 5.69 Å². The highest BCUT2D eigenvalue weighted by molar-refractivity contribution is 9.10. The maximum Gasteiger partial charge on any atom is 0.266 e. The van der Waals surface area contributed by atoms with Gasteiger partial charge in [0.05, 0.1) is 11.6 Å². The van der Waals surface area contributed by atoms with E-state index in [1.807, 2.05) is 6.07 Å². The Bertz CT molecular complexity index is 885. The van der Waals surface area contributed by atoms with Crippen LogP contribution in [0.1, 0.15) is 5.56 Å². The Morgan fingerprint density at radius 2 is 2.08 bits per heavy atom. The first-order valence-electron chi connectivity index (χ1n) is 7.27. The van der Waals surface area contributed by atoms with Crippen LogP contribution in [0.5, 0.6) is 17.2 Å². The molecule has 1 N–H and O–H groups in total. The predicted molar refractivity (Wildman–Crippen MR) is 95.5 cm³/mol. The molecule has 0 unspecified atom stereocenters. The number of rotatable bonds is 4. The number of fused-ring (bicyclic) bond motifs is 1. The highest BCUT2D eigenvalue weighted by atomic mass is 79.9. The molecule has 0 saturated heterocycles. The third-order valence-electron chi connectivity index (χ3n) is 3.47. The minimum atomic E-state index is -0.499. The molecule has 0 aliphatic carbocycles. The van der Waals surface area contributed by atoms with E-state index in [1.165, 1.54) is 6.08 Å². The number of carbonyl (C=O) groups is 1. The van der Waals surface area contributed by atoms with Gasteiger partial charge in [-0.25, -0.2) is 0 Å². The number of halogens is 1. The molecule has 2 aromatic carbocycles. The van der Waals surface area contributed by atoms with Gasteiger partial charge in [-0.3, -0.25) is 4.79 Å². The van der Waals surface area contributed by atoms with Crippen molar-refractivity contribution in [3.05, 3.63) is 52.0 Å². The highest BCUT2D eigenvalue weighted by Gasteiger charge is 2.18. The first-order chi connectivity index (χ1) is 12.1. The quantitative estimate of drug-likeness (QED) is 0.624. The standard InChI is InChI=1S/C18H13BrN2O4/c1-23-14-4-2-13(3-5-14)21-18(22)12(9-20)6-11-7-15(19)17-16(8-11)24-10-25-17/h2-8H,10H2,1H3,(H,21,22)/b12-6+. The molecule has 1 aliphatic heterocycles. The van der Waals surface area contributed by atoms with E-state index >= 15 is 0 Å². The molecule has 1 aliphatic rings. The number of ether oxygens (including phenoxy) is 3. The fraction of sp³-hybridized carbons (Fsp3) is 0.111. The maximum absolute atomic E-state index is 12.3. The molecule has 2 aromatic rings. The second kappa shape index (κ2) is 7.28. The molecule has 6 nitrogen and oxygen atoms in total. The Morgan fingerprint density at radius 3 is 2.76 bits per heavy atom. The van der Waals surface area contributed by atoms with E-state index in [9.17, 15) is 10.1 Å². The number of benzene rings is 2. The summed E-state index contributed by atoms with van der Waals surface area (Å²) < 4.78 is 16.4. The normalized spacial score (nSPS) is 12.4. The van der Waals surface area contributed by atoms with Crippen molar-refractivity contribution in [3.63, 3.8) is 0 Å². The molecule has 0 aromatic heterocycles. The molecule has 0 bridgehead atoms. The number of nitriles is 1. The number of hydrogen-bond acceptors (Lipinski definition) is 5. The lowest BCUT2D eigenvalue weighted by Crippen LogP contribution is -2.13. The van der Waals surface area contributed by atoms with E-state index in [0.29, 0.717) is 33.0 Å². The van der Waals surface area contributed by atoms with E-state index in [2.05, 4.69) is 21.2 Å². The topological polar surface area (TPSA) is 80.6 Å². The summed E-state index contributed by atoms with van der Waals surface area (Å²) in [5.41, 5.74) is 1.19. The van der Waals surface area contributed by atoms with Crippen molar-refractivity contribution < 1.29 is 19.0 Å². The molecule has 1 heterocycles. The summed E-state index contributed by atoms with van der Waals surface area (Å²) in [6, 6.07) is 12.2. The van der Waals surface area contributed by atoms with Gasteiger partial charge in [-0.1, -0.05) is 0 Å². The predicted octanol–water partition coefficient (Wildman–Crippen LogP) is 3.73. The molecule has 0 spiro atoms. The number of anilines is 1. The van der Waals surface area contributed by atoms with Crippen molar-refractivity contribution in [1.29, 1.82) is 5.26 Å². The fourth-order valence-electron chi connectivity index (χ4n) is 2.26. The number of carbonyl (C=O) groups excluding carboxylic acids is 1. The van der Waals surface area contributed by atoms with Crippen molar-refractivity contribution in [3.8, 4) is 23.3 Å². The van der Waals surface area contributed by atoms with Crippen molar-refractivity contribution in [2.75, 3.05) is 19.2 Å². The van der Waals surface area contributed by atoms with Gasteiger partial charge in [-0.05, 0) is 64.0 Å². The molecule has 3 rings (SSSR count). The van der Waals surface area contributed by atoms with Crippen LogP contribution in [0.25, 0.3) is 6.08 Å². The van der Waals surface area contributed by atoms with Gasteiger partial charge in [0.15, 0.2) is 11.5 Å². The third kappa shape index (κ3) is 3.75. The smallest absolute Gasteiger partial charge is 0.266 e. The molecule has 7 heteroatoms. The van der Waals surface area contributed by atoms with E-state index in [4.69, 9.17) is 14.2 Å². The molecule has 0 atom stereocenters. The van der Waals surface area contributed by atoms with Gasteiger partial charge >= 0.3 is 0 Å². The Kier molecular flexibility index (Phi) is 4.91. The second-order valence-electron chi connectivity index (χ2n) is 5.09. The van der Waals surface area contributed by atoms with Gasteiger partial charge in [0, 0.05) is 5.69 Å². The summed E-state index contributed by atoms with van der Waals surface area (Å²) in [5, 5.41) is 12.0. The van der Waals surface area contributed by atoms with Crippen LogP contribution in [0.2, 0.25) is 0 Å². The lowest BCUT2D eigenvalue weighted by Gasteiger charge is -2.06. The summed E-state index contributed by atoms with van der Waals surface area (Å²) in [4.78, 5) is 12.3. The molecule has 0 radical (unpaired) electrons. The Morgan fingerprint density at radius 1 is 1.32 bits per heavy atom. The van der Waals surface area contributed by atoms with Gasteiger partial charge in [0.2, 0.25) is 6.79 Å². The van der Waals surface area contributed by atoms with Crippen LogP contribution in [0, 0.1) is 11.3 Å². The molecule has 1 amide bonds. The lowest BCUT2D eigenvalue weighted by atomic mass is 10.1. The lowest BCUT2D eigenvalue weighted by molar-refractivity contribution is -0.112. The van der Waals surface area contributed by atoms with Crippen LogP contribution in [-0.2, 0) is 4.79 Å². The van der Waals surface area contributed by atoms with Crippen LogP contribution >= 0.6 is 15.9 Å². The zero-order chi connectivity index (χ0) is 17.8. The average molecular weight is 401 g/mol. The first kappa shape index (κ1) is 16.9.